The van der Waals surface area contributed by atoms with Gasteiger partial charge in [0.05, 0.1) is 6.61 Å². The van der Waals surface area contributed by atoms with Gasteiger partial charge in [-0.1, -0.05) is 49.4 Å². The number of hydrogen-bond acceptors (Lipinski definition) is 1. The van der Waals surface area contributed by atoms with Crippen molar-refractivity contribution in [1.29, 1.82) is 0 Å². The summed E-state index contributed by atoms with van der Waals surface area (Å²) < 4.78 is 19.2. The van der Waals surface area contributed by atoms with E-state index in [4.69, 9.17) is 4.74 Å². The molecule has 0 saturated carbocycles. The number of hydrogen-bond donors (Lipinski definition) is 0. The predicted octanol–water partition coefficient (Wildman–Crippen LogP) is 4.24. The van der Waals surface area contributed by atoms with Crippen molar-refractivity contribution in [3.05, 3.63) is 59.9 Å². The van der Waals surface area contributed by atoms with E-state index in [0.29, 0.717) is 12.2 Å². The molecule has 18 heavy (non-hydrogen) atoms. The Balaban J connectivity index is 2.31. The maximum Gasteiger partial charge on any atom is 0.131 e. The lowest BCUT2D eigenvalue weighted by Crippen LogP contribution is -2.02. The maximum absolute atomic E-state index is 14.1. The van der Waals surface area contributed by atoms with Gasteiger partial charge in [-0.15, -0.1) is 0 Å². The quantitative estimate of drug-likeness (QED) is 0.781. The fourth-order valence-electron chi connectivity index (χ4n) is 2.04. The Hall–Kier alpha value is -1.67. The number of rotatable bonds is 4. The second kappa shape index (κ2) is 5.78. The highest BCUT2D eigenvalue weighted by molar-refractivity contribution is 5.64. The minimum atomic E-state index is -0.179. The Morgan fingerprint density at radius 3 is 2.44 bits per heavy atom. The van der Waals surface area contributed by atoms with Crippen LogP contribution in [0.5, 0.6) is 0 Å². The van der Waals surface area contributed by atoms with Crippen LogP contribution in [0.1, 0.15) is 18.4 Å². The van der Waals surface area contributed by atoms with Crippen molar-refractivity contribution in [2.75, 3.05) is 13.7 Å². The van der Waals surface area contributed by atoms with Gasteiger partial charge in [-0.3, -0.25) is 0 Å². The molecule has 2 aromatic rings. The van der Waals surface area contributed by atoms with E-state index in [9.17, 15) is 4.39 Å². The Bertz CT molecular complexity index is 508. The lowest BCUT2D eigenvalue weighted by Gasteiger charge is -2.12. The summed E-state index contributed by atoms with van der Waals surface area (Å²) in [4.78, 5) is 0. The first-order valence-corrected chi connectivity index (χ1v) is 6.06. The smallest absolute Gasteiger partial charge is 0.131 e. The molecule has 0 amide bonds. The summed E-state index contributed by atoms with van der Waals surface area (Å²) in [5.41, 5.74) is 2.51. The summed E-state index contributed by atoms with van der Waals surface area (Å²) in [7, 11) is 1.66. The molecular formula is C16H17FO. The molecule has 1 nitrogen and oxygen atoms in total. The van der Waals surface area contributed by atoms with Crippen LogP contribution in [0.15, 0.2) is 48.5 Å². The van der Waals surface area contributed by atoms with Gasteiger partial charge in [0.1, 0.15) is 5.82 Å². The van der Waals surface area contributed by atoms with E-state index in [1.54, 1.807) is 13.2 Å². The molecule has 0 N–H and O–H groups in total. The fourth-order valence-corrected chi connectivity index (χ4v) is 2.04. The van der Waals surface area contributed by atoms with E-state index < -0.39 is 0 Å². The molecule has 2 aromatic carbocycles. The first-order valence-electron chi connectivity index (χ1n) is 6.06. The summed E-state index contributed by atoms with van der Waals surface area (Å²) in [6.45, 7) is 2.63. The van der Waals surface area contributed by atoms with Crippen LogP contribution >= 0.6 is 0 Å². The minimum Gasteiger partial charge on any atom is -0.384 e. The van der Waals surface area contributed by atoms with Gasteiger partial charge in [-0.05, 0) is 17.2 Å². The van der Waals surface area contributed by atoms with Crippen LogP contribution in [0.3, 0.4) is 0 Å². The van der Waals surface area contributed by atoms with Crippen molar-refractivity contribution in [2.45, 2.75) is 12.8 Å². The summed E-state index contributed by atoms with van der Waals surface area (Å²) in [5, 5.41) is 0. The Morgan fingerprint density at radius 1 is 1.11 bits per heavy atom. The van der Waals surface area contributed by atoms with Gasteiger partial charge in [0, 0.05) is 18.6 Å². The van der Waals surface area contributed by atoms with E-state index >= 15 is 0 Å². The van der Waals surface area contributed by atoms with Crippen molar-refractivity contribution in [3.8, 4) is 11.1 Å². The Kier molecular flexibility index (Phi) is 4.11. The zero-order valence-corrected chi connectivity index (χ0v) is 10.7. The molecule has 2 rings (SSSR count). The largest absolute Gasteiger partial charge is 0.384 e. The van der Waals surface area contributed by atoms with E-state index in [-0.39, 0.29) is 11.7 Å². The molecule has 0 bridgehead atoms. The summed E-state index contributed by atoms with van der Waals surface area (Å²) in [5.74, 6) is 0.0241. The van der Waals surface area contributed by atoms with Crippen LogP contribution in [-0.4, -0.2) is 13.7 Å². The van der Waals surface area contributed by atoms with Gasteiger partial charge in [0.25, 0.3) is 0 Å². The molecule has 0 heterocycles. The molecule has 0 aromatic heterocycles. The van der Waals surface area contributed by atoms with Gasteiger partial charge in [0.2, 0.25) is 0 Å². The zero-order chi connectivity index (χ0) is 13.0. The van der Waals surface area contributed by atoms with Crippen molar-refractivity contribution in [1.82, 2.24) is 0 Å². The second-order valence-corrected chi connectivity index (χ2v) is 4.46. The van der Waals surface area contributed by atoms with Gasteiger partial charge in [-0.2, -0.15) is 0 Å². The summed E-state index contributed by atoms with van der Waals surface area (Å²) in [6.07, 6.45) is 0. The molecule has 0 aliphatic heterocycles. The maximum atomic E-state index is 14.1. The normalized spacial score (nSPS) is 12.4. The number of ether oxygens (including phenoxy) is 1. The molecule has 2 heteroatoms. The molecule has 94 valence electrons. The molecular weight excluding hydrogens is 227 g/mol. The third-order valence-corrected chi connectivity index (χ3v) is 3.06. The average molecular weight is 244 g/mol. The predicted molar refractivity (Wildman–Crippen MR) is 72.1 cm³/mol. The second-order valence-electron chi connectivity index (χ2n) is 4.46. The fraction of sp³-hybridized carbons (Fsp3) is 0.250. The molecule has 0 radical (unpaired) electrons. The highest BCUT2D eigenvalue weighted by atomic mass is 19.1. The molecule has 0 aliphatic carbocycles. The first kappa shape index (κ1) is 12.8. The van der Waals surface area contributed by atoms with E-state index in [1.165, 1.54) is 0 Å². The van der Waals surface area contributed by atoms with Crippen LogP contribution in [0.25, 0.3) is 11.1 Å². The zero-order valence-electron chi connectivity index (χ0n) is 10.7. The van der Waals surface area contributed by atoms with E-state index in [2.05, 4.69) is 0 Å². The minimum absolute atomic E-state index is 0.179. The van der Waals surface area contributed by atoms with E-state index in [1.807, 2.05) is 49.4 Å². The summed E-state index contributed by atoms with van der Waals surface area (Å²) >= 11 is 0. The van der Waals surface area contributed by atoms with E-state index in [0.717, 1.165) is 11.1 Å². The molecule has 0 fully saturated rings. The monoisotopic (exact) mass is 244 g/mol. The third-order valence-electron chi connectivity index (χ3n) is 3.06. The summed E-state index contributed by atoms with van der Waals surface area (Å²) in [6, 6.07) is 15.0. The highest BCUT2D eigenvalue weighted by Crippen LogP contribution is 2.26. The molecule has 0 saturated heterocycles. The van der Waals surface area contributed by atoms with Crippen LogP contribution in [0.4, 0.5) is 4.39 Å². The van der Waals surface area contributed by atoms with Gasteiger partial charge >= 0.3 is 0 Å². The van der Waals surface area contributed by atoms with Gasteiger partial charge in [-0.25, -0.2) is 4.39 Å². The standard InChI is InChI=1S/C16H17FO/c1-12(11-18-2)14-8-9-15(16(17)10-14)13-6-4-3-5-7-13/h3-10,12H,11H2,1-2H3. The SMILES string of the molecule is COCC(C)c1ccc(-c2ccccc2)c(F)c1. The lowest BCUT2D eigenvalue weighted by atomic mass is 9.97. The highest BCUT2D eigenvalue weighted by Gasteiger charge is 2.10. The van der Waals surface area contributed by atoms with Crippen LogP contribution in [0, 0.1) is 5.82 Å². The van der Waals surface area contributed by atoms with Crippen molar-refractivity contribution in [3.63, 3.8) is 0 Å². The van der Waals surface area contributed by atoms with Crippen LogP contribution in [0.2, 0.25) is 0 Å². The van der Waals surface area contributed by atoms with Crippen molar-refractivity contribution in [2.24, 2.45) is 0 Å². The molecule has 0 spiro atoms. The Labute approximate surface area is 107 Å². The average Bonchev–Trinajstić information content (AvgIpc) is 2.40. The number of halogens is 1. The molecule has 1 atom stereocenters. The number of methoxy groups -OCH3 is 1. The first-order chi connectivity index (χ1) is 8.72. The Morgan fingerprint density at radius 2 is 1.83 bits per heavy atom. The molecule has 1 unspecified atom stereocenters. The number of benzene rings is 2. The van der Waals surface area contributed by atoms with Crippen molar-refractivity contribution >= 4 is 0 Å². The van der Waals surface area contributed by atoms with Gasteiger partial charge < -0.3 is 4.74 Å². The third kappa shape index (κ3) is 2.77. The van der Waals surface area contributed by atoms with Crippen LogP contribution < -0.4 is 0 Å². The lowest BCUT2D eigenvalue weighted by molar-refractivity contribution is 0.184. The van der Waals surface area contributed by atoms with Gasteiger partial charge in [0.15, 0.2) is 0 Å². The topological polar surface area (TPSA) is 9.23 Å². The molecule has 0 aliphatic rings. The van der Waals surface area contributed by atoms with Crippen LogP contribution in [-0.2, 0) is 4.74 Å². The van der Waals surface area contributed by atoms with Crippen molar-refractivity contribution < 1.29 is 9.13 Å².